The number of aromatic nitrogens is 9. The molecule has 18 rings (SSSR count). The van der Waals surface area contributed by atoms with Crippen LogP contribution in [0.1, 0.15) is 107 Å². The summed E-state index contributed by atoms with van der Waals surface area (Å²) in [6, 6.07) is 42.7. The molecule has 0 unspecified atom stereocenters. The lowest BCUT2D eigenvalue weighted by atomic mass is 10.1. The molecule has 0 spiro atoms. The SMILES string of the molecule is CONC(=O)c1cn(-c2ccc3c(c2)CCC3)c2nc(Nc3ccc(CCCN4CCN(C)CC4)cc3)ncc2c1=O.CONC(=O)c1cn(-c2ccc3c(c2)CCC3)c2nc(Nc3ccc(CCN4CCN(C(=O)OC)CC4)cc3)ncc2c1=O.CONC(=O)c1cn(-c2ccc3c(c2)CCC3)c2nc(Nc3ccc(CCN4CCN(CC(F)(F)F)CC4)cc3)ncc2c1=O. The minimum atomic E-state index is -4.16. The van der Waals surface area contributed by atoms with E-state index in [0.717, 1.165) is 182 Å². The number of methoxy groups -OCH3 is 1. The second kappa shape index (κ2) is 41.7. The van der Waals surface area contributed by atoms with Crippen molar-refractivity contribution in [3.8, 4) is 17.1 Å². The molecule has 0 saturated carbocycles. The number of nitrogens with one attached hydrogen (secondary N) is 6. The average molecular weight is 1790 g/mol. The Kier molecular flexibility index (Phi) is 29.0. The molecule has 3 saturated heterocycles. The topological polar surface area (TPSA) is 340 Å². The number of hydrogen-bond donors (Lipinski definition) is 6. The Labute approximate surface area is 754 Å². The van der Waals surface area contributed by atoms with Crippen molar-refractivity contribution in [1.82, 2.24) is 89.4 Å². The van der Waals surface area contributed by atoms with Gasteiger partial charge in [0.1, 0.15) is 16.7 Å². The standard InChI is InChI=1S/C32H34F3N7O3.C32H35N7O5.C32H37N7O3/c1-45-39-30(44)27-19-42(25-10-7-22-3-2-4-23(22)17-25)29-26(28(27)43)18-36-31(38-29)37-24-8-5-21(6-9-24)11-12-40-13-15-41(16-14-40)20-32(33,34)35;1-43-32(42)38-16-14-37(15-17-38)13-12-21-6-9-24(10-7-21)34-31-33-19-26-28(40)27(30(41)36-44-2)20-39(29(26)35-31)25-11-8-22-4-3-5-23(22)18-25;1-37-15-17-38(18-16-37)14-4-5-22-8-11-25(12-9-22)34-32-33-20-27-29(40)28(31(41)36-42-2)21-39(30(27)35-32)26-13-10-23-6-3-7-24(23)19-26/h5-10,17-19H,2-4,11-16,20H2,1H3,(H,39,44)(H,36,37,38);6-11,18-20H,3-5,12-17H2,1-2H3,(H,36,41)(H,33,34,35);8-13,19-21H,3-7,14-18H2,1-2H3,(H,36,41)(H,33,34,35). The Morgan fingerprint density at radius 3 is 1.05 bits per heavy atom. The van der Waals surface area contributed by atoms with Gasteiger partial charge in [-0.1, -0.05) is 54.6 Å². The van der Waals surface area contributed by atoms with E-state index in [1.807, 2.05) is 66.7 Å². The molecular weight excluding hydrogens is 1680 g/mol. The molecule has 682 valence electrons. The number of carbonyl (C=O) groups excluding carboxylic acids is 4. The van der Waals surface area contributed by atoms with E-state index in [2.05, 4.69) is 135 Å². The molecule has 6 N–H and O–H groups in total. The Morgan fingerprint density at radius 2 is 0.710 bits per heavy atom. The smallest absolute Gasteiger partial charge is 0.409 e. The number of pyridine rings is 3. The van der Waals surface area contributed by atoms with Crippen LogP contribution in [0.4, 0.5) is 52.9 Å². The summed E-state index contributed by atoms with van der Waals surface area (Å²) in [5.41, 5.74) is 22.4. The first-order chi connectivity index (χ1) is 63.6. The molecule has 4 amide bonds. The third kappa shape index (κ3) is 22.3. The molecule has 6 aromatic heterocycles. The number of rotatable bonds is 26. The minimum Gasteiger partial charge on any atom is -0.453 e. The molecule has 32 nitrogen and oxygen atoms in total. The van der Waals surface area contributed by atoms with Crippen LogP contribution in [0.25, 0.3) is 50.2 Å². The number of piperazine rings is 3. The first-order valence-electron chi connectivity index (χ1n) is 44.3. The molecule has 12 aromatic rings. The number of carbonyl (C=O) groups is 4. The maximum atomic E-state index is 13.3. The normalized spacial score (nSPS) is 15.4. The van der Waals surface area contributed by atoms with Gasteiger partial charge in [-0.2, -0.15) is 28.1 Å². The highest BCUT2D eigenvalue weighted by Crippen LogP contribution is 2.32. The molecule has 3 fully saturated rings. The largest absolute Gasteiger partial charge is 0.453 e. The third-order valence-electron chi connectivity index (χ3n) is 24.9. The van der Waals surface area contributed by atoms with Gasteiger partial charge in [-0.15, -0.1) is 0 Å². The van der Waals surface area contributed by atoms with Crippen LogP contribution in [0.3, 0.4) is 0 Å². The van der Waals surface area contributed by atoms with Crippen LogP contribution >= 0.6 is 0 Å². The molecule has 0 bridgehead atoms. The number of anilines is 6. The molecule has 0 radical (unpaired) electrons. The quantitative estimate of drug-likeness (QED) is 0.0274. The van der Waals surface area contributed by atoms with Crippen molar-refractivity contribution in [1.29, 1.82) is 0 Å². The summed E-state index contributed by atoms with van der Waals surface area (Å²) in [5, 5.41) is 10.4. The van der Waals surface area contributed by atoms with Crippen molar-refractivity contribution in [2.24, 2.45) is 0 Å². The van der Waals surface area contributed by atoms with Crippen LogP contribution in [0.5, 0.6) is 0 Å². The van der Waals surface area contributed by atoms with Crippen molar-refractivity contribution >= 4 is 91.8 Å². The van der Waals surface area contributed by atoms with E-state index in [1.165, 1.54) is 115 Å². The van der Waals surface area contributed by atoms with Crippen LogP contribution in [0.15, 0.2) is 179 Å². The number of likely N-dealkylation sites (N-methyl/N-ethyl adjacent to an activating group) is 1. The van der Waals surface area contributed by atoms with Gasteiger partial charge >= 0.3 is 12.3 Å². The Morgan fingerprint density at radius 1 is 0.389 bits per heavy atom. The van der Waals surface area contributed by atoms with E-state index in [1.54, 1.807) is 18.6 Å². The zero-order valence-electron chi connectivity index (χ0n) is 73.9. The van der Waals surface area contributed by atoms with Crippen LogP contribution in [-0.4, -0.2) is 243 Å². The van der Waals surface area contributed by atoms with Crippen molar-refractivity contribution < 1.29 is 51.6 Å². The van der Waals surface area contributed by atoms with Crippen molar-refractivity contribution in [2.75, 3.05) is 156 Å². The van der Waals surface area contributed by atoms with Gasteiger partial charge in [-0.05, 0) is 220 Å². The zero-order chi connectivity index (χ0) is 91.2. The van der Waals surface area contributed by atoms with Crippen LogP contribution < -0.4 is 48.7 Å². The molecular formula is C96H106F3N21O11. The summed E-state index contributed by atoms with van der Waals surface area (Å²) in [5.74, 6) is -0.934. The number of amides is 4. The van der Waals surface area contributed by atoms with Crippen molar-refractivity contribution in [3.05, 3.63) is 262 Å². The number of benzene rings is 6. The van der Waals surface area contributed by atoms with Crippen molar-refractivity contribution in [2.45, 2.75) is 89.6 Å². The first-order valence-corrected chi connectivity index (χ1v) is 44.3. The summed E-state index contributed by atoms with van der Waals surface area (Å²) >= 11 is 0. The molecule has 9 heterocycles. The lowest BCUT2D eigenvalue weighted by molar-refractivity contribution is -0.149. The number of hydroxylamine groups is 3. The third-order valence-corrected chi connectivity index (χ3v) is 24.9. The molecule has 6 aromatic carbocycles. The number of hydrogen-bond acceptors (Lipinski definition) is 25. The highest BCUT2D eigenvalue weighted by Gasteiger charge is 2.33. The monoisotopic (exact) mass is 1790 g/mol. The van der Waals surface area contributed by atoms with Gasteiger partial charge < -0.3 is 54.0 Å². The lowest BCUT2D eigenvalue weighted by Gasteiger charge is -2.34. The molecule has 6 aliphatic rings. The number of aryl methyl sites for hydroxylation is 7. The first kappa shape index (κ1) is 91.1. The molecule has 0 atom stereocenters. The van der Waals surface area contributed by atoms with Gasteiger partial charge in [0, 0.05) is 163 Å². The van der Waals surface area contributed by atoms with Gasteiger partial charge in [0.25, 0.3) is 17.7 Å². The number of ether oxygens (including phenoxy) is 1. The minimum absolute atomic E-state index is 0.0441. The fourth-order valence-corrected chi connectivity index (χ4v) is 17.7. The van der Waals surface area contributed by atoms with Gasteiger partial charge in [0.05, 0.1) is 51.1 Å². The van der Waals surface area contributed by atoms with E-state index in [-0.39, 0.29) is 44.9 Å². The van der Waals surface area contributed by atoms with Crippen LogP contribution in [0, 0.1) is 0 Å². The lowest BCUT2D eigenvalue weighted by Crippen LogP contribution is -2.49. The van der Waals surface area contributed by atoms with E-state index < -0.39 is 46.7 Å². The second-order valence-electron chi connectivity index (χ2n) is 33.6. The average Bonchev–Trinajstić information content (AvgIpc) is 1.54. The number of alkyl halides is 3. The molecule has 3 aliphatic carbocycles. The Balaban J connectivity index is 0.000000144. The fourth-order valence-electron chi connectivity index (χ4n) is 17.7. The number of fused-ring (bicyclic) bond motifs is 6. The molecule has 131 heavy (non-hydrogen) atoms. The maximum absolute atomic E-state index is 13.3. The van der Waals surface area contributed by atoms with Crippen LogP contribution in [0.2, 0.25) is 0 Å². The van der Waals surface area contributed by atoms with E-state index in [9.17, 15) is 46.7 Å². The van der Waals surface area contributed by atoms with Gasteiger partial charge in [0.2, 0.25) is 34.1 Å². The number of halogens is 3. The summed E-state index contributed by atoms with van der Waals surface area (Å²) < 4.78 is 48.1. The van der Waals surface area contributed by atoms with Gasteiger partial charge in [0.15, 0.2) is 16.9 Å². The molecule has 35 heteroatoms. The van der Waals surface area contributed by atoms with Crippen LogP contribution in [-0.2, 0) is 77.0 Å². The summed E-state index contributed by atoms with van der Waals surface area (Å²) in [6.45, 7) is 11.6. The van der Waals surface area contributed by atoms with E-state index >= 15 is 0 Å². The van der Waals surface area contributed by atoms with E-state index in [4.69, 9.17) is 34.2 Å². The zero-order valence-corrected chi connectivity index (χ0v) is 73.9. The van der Waals surface area contributed by atoms with E-state index in [0.29, 0.717) is 68.1 Å². The van der Waals surface area contributed by atoms with Gasteiger partial charge in [-0.25, -0.2) is 36.2 Å². The summed E-state index contributed by atoms with van der Waals surface area (Å²) in [6.07, 6.45) is 17.7. The number of nitrogens with zero attached hydrogens (tertiary/aromatic N) is 15. The van der Waals surface area contributed by atoms with Gasteiger partial charge in [-0.3, -0.25) is 53.1 Å². The Bertz CT molecular complexity index is 6350. The highest BCUT2D eigenvalue weighted by molar-refractivity contribution is 5.98. The predicted molar refractivity (Wildman–Crippen MR) is 493 cm³/mol. The predicted octanol–water partition coefficient (Wildman–Crippen LogP) is 10.7. The second-order valence-corrected chi connectivity index (χ2v) is 33.6. The fraction of sp³-hybridized carbons (Fsp3) is 0.365. The summed E-state index contributed by atoms with van der Waals surface area (Å²) in [4.78, 5) is 144. The Hall–Kier alpha value is -13.3. The highest BCUT2D eigenvalue weighted by atomic mass is 19.4. The molecule has 3 aliphatic heterocycles. The maximum Gasteiger partial charge on any atom is 0.409 e. The van der Waals surface area contributed by atoms with Crippen molar-refractivity contribution in [3.63, 3.8) is 0 Å². The summed E-state index contributed by atoms with van der Waals surface area (Å²) in [7, 11) is 7.55.